The summed E-state index contributed by atoms with van der Waals surface area (Å²) in [7, 11) is 3.04. The van der Waals surface area contributed by atoms with E-state index in [1.807, 2.05) is 34.9 Å². The molecular formula is C28H28N6O4. The van der Waals surface area contributed by atoms with Crippen LogP contribution in [0.2, 0.25) is 0 Å². The molecule has 10 nitrogen and oxygen atoms in total. The van der Waals surface area contributed by atoms with Gasteiger partial charge in [-0.05, 0) is 17.7 Å². The molecule has 194 valence electrons. The van der Waals surface area contributed by atoms with E-state index in [9.17, 15) is 19.6 Å². The van der Waals surface area contributed by atoms with E-state index in [0.29, 0.717) is 36.8 Å². The molecule has 1 aliphatic rings. The van der Waals surface area contributed by atoms with Gasteiger partial charge in [0.1, 0.15) is 28.7 Å². The maximum Gasteiger partial charge on any atom is 0.331 e. The summed E-state index contributed by atoms with van der Waals surface area (Å²) >= 11 is 0. The van der Waals surface area contributed by atoms with Crippen LogP contribution in [0.3, 0.4) is 0 Å². The highest BCUT2D eigenvalue weighted by molar-refractivity contribution is 5.96. The van der Waals surface area contributed by atoms with Crippen LogP contribution in [0.1, 0.15) is 21.5 Å². The van der Waals surface area contributed by atoms with E-state index in [4.69, 9.17) is 4.74 Å². The number of piperazine rings is 1. The van der Waals surface area contributed by atoms with Gasteiger partial charge in [0.2, 0.25) is 0 Å². The summed E-state index contributed by atoms with van der Waals surface area (Å²) in [6, 6.07) is 18.5. The largest absolute Gasteiger partial charge is 0.497 e. The normalized spacial score (nSPS) is 13.4. The fraction of sp³-hybridized carbons (Fsp3) is 0.286. The van der Waals surface area contributed by atoms with Crippen LogP contribution in [0.4, 0.5) is 5.82 Å². The Morgan fingerprint density at radius 2 is 1.76 bits per heavy atom. The number of fused-ring (bicyclic) bond motifs is 1. The van der Waals surface area contributed by atoms with Crippen molar-refractivity contribution in [1.82, 2.24) is 19.0 Å². The van der Waals surface area contributed by atoms with Gasteiger partial charge >= 0.3 is 5.69 Å². The van der Waals surface area contributed by atoms with Crippen LogP contribution < -0.4 is 26.2 Å². The zero-order chi connectivity index (χ0) is 26.8. The summed E-state index contributed by atoms with van der Waals surface area (Å²) in [6.07, 6.45) is 0. The van der Waals surface area contributed by atoms with Crippen molar-refractivity contribution < 1.29 is 9.53 Å². The molecule has 38 heavy (non-hydrogen) atoms. The molecule has 0 radical (unpaired) electrons. The van der Waals surface area contributed by atoms with Crippen LogP contribution in [0.5, 0.6) is 5.75 Å². The van der Waals surface area contributed by atoms with E-state index in [-0.39, 0.29) is 16.6 Å². The minimum Gasteiger partial charge on any atom is -0.497 e. The third-order valence-corrected chi connectivity index (χ3v) is 6.92. The van der Waals surface area contributed by atoms with Crippen molar-refractivity contribution in [3.8, 4) is 11.8 Å². The lowest BCUT2D eigenvalue weighted by Gasteiger charge is -2.30. The minimum atomic E-state index is -0.654. The Hall–Kier alpha value is -4.62. The van der Waals surface area contributed by atoms with Crippen molar-refractivity contribution in [3.63, 3.8) is 0 Å². The van der Waals surface area contributed by atoms with Gasteiger partial charge in [-0.1, -0.05) is 42.5 Å². The minimum absolute atomic E-state index is 0.222. The van der Waals surface area contributed by atoms with Crippen molar-refractivity contribution in [2.45, 2.75) is 13.1 Å². The number of nitriles is 1. The first-order valence-electron chi connectivity index (χ1n) is 12.4. The molecule has 5 rings (SSSR count). The molecule has 0 atom stereocenters. The fourth-order valence-electron chi connectivity index (χ4n) is 5.03. The van der Waals surface area contributed by atoms with Gasteiger partial charge in [-0.25, -0.2) is 4.79 Å². The quantitative estimate of drug-likeness (QED) is 0.375. The number of Topliss-reactive ketones (excluding diaryl/α,β-unsaturated/α-hetero) is 1. The maximum absolute atomic E-state index is 14.0. The Bertz CT molecular complexity index is 1670. The molecule has 2 aromatic carbocycles. The number of benzene rings is 2. The van der Waals surface area contributed by atoms with Crippen molar-refractivity contribution in [2.24, 2.45) is 7.05 Å². The third kappa shape index (κ3) is 4.37. The molecule has 0 bridgehead atoms. The number of nitrogens with one attached hydrogen (secondary N) is 1. The summed E-state index contributed by atoms with van der Waals surface area (Å²) < 4.78 is 9.29. The number of anilines is 1. The number of hydrogen-bond acceptors (Lipinski definition) is 7. The molecule has 3 heterocycles. The molecule has 0 spiro atoms. The number of carbonyl (C=O) groups is 1. The molecule has 10 heteroatoms. The highest BCUT2D eigenvalue weighted by atomic mass is 16.5. The first kappa shape index (κ1) is 25.0. The predicted molar refractivity (Wildman–Crippen MR) is 144 cm³/mol. The number of hydrogen-bond donors (Lipinski definition) is 1. The number of rotatable bonds is 7. The van der Waals surface area contributed by atoms with E-state index in [1.54, 1.807) is 24.3 Å². The molecule has 1 aliphatic heterocycles. The monoisotopic (exact) mass is 512 g/mol. The Morgan fingerprint density at radius 1 is 1.03 bits per heavy atom. The molecular weight excluding hydrogens is 484 g/mol. The topological polar surface area (TPSA) is 114 Å². The van der Waals surface area contributed by atoms with E-state index >= 15 is 0 Å². The van der Waals surface area contributed by atoms with Crippen molar-refractivity contribution in [2.75, 3.05) is 38.2 Å². The molecule has 0 unspecified atom stereocenters. The van der Waals surface area contributed by atoms with Crippen molar-refractivity contribution >= 4 is 22.6 Å². The molecule has 1 saturated heterocycles. The van der Waals surface area contributed by atoms with E-state index in [0.717, 1.165) is 23.2 Å². The second-order valence-corrected chi connectivity index (χ2v) is 9.20. The standard InChI is InChI=1S/C28H28N6O4/c1-31-24-22(16-29)26(32-13-11-30-12-14-32)33(17-19-7-4-3-5-8-19)25(24)27(36)34(28(31)37)18-23(35)20-9-6-10-21(15-20)38-2/h3-10,15,30H,11-14,17-18H2,1-2H3. The van der Waals surface area contributed by atoms with Gasteiger partial charge in [0.15, 0.2) is 5.78 Å². The average molecular weight is 513 g/mol. The second kappa shape index (κ2) is 10.4. The van der Waals surface area contributed by atoms with Crippen LogP contribution in [0, 0.1) is 11.3 Å². The second-order valence-electron chi connectivity index (χ2n) is 9.20. The number of nitrogens with zero attached hydrogens (tertiary/aromatic N) is 5. The van der Waals surface area contributed by atoms with Crippen LogP contribution in [-0.2, 0) is 20.1 Å². The molecule has 0 saturated carbocycles. The summed E-state index contributed by atoms with van der Waals surface area (Å²) in [5.41, 5.74) is 0.791. The Morgan fingerprint density at radius 3 is 2.45 bits per heavy atom. The van der Waals surface area contributed by atoms with Gasteiger partial charge in [0.25, 0.3) is 5.56 Å². The molecule has 0 amide bonds. The van der Waals surface area contributed by atoms with Gasteiger partial charge in [0.05, 0.1) is 19.2 Å². The molecule has 4 aromatic rings. The van der Waals surface area contributed by atoms with E-state index in [1.165, 1.54) is 18.7 Å². The lowest BCUT2D eigenvalue weighted by Crippen LogP contribution is -2.44. The first-order valence-corrected chi connectivity index (χ1v) is 12.4. The zero-order valence-electron chi connectivity index (χ0n) is 21.3. The van der Waals surface area contributed by atoms with E-state index in [2.05, 4.69) is 16.3 Å². The van der Waals surface area contributed by atoms with Gasteiger partial charge < -0.3 is 19.5 Å². The third-order valence-electron chi connectivity index (χ3n) is 6.92. The summed E-state index contributed by atoms with van der Waals surface area (Å²) in [6.45, 7) is 2.66. The van der Waals surface area contributed by atoms with Gasteiger partial charge in [0, 0.05) is 45.3 Å². The summed E-state index contributed by atoms with van der Waals surface area (Å²) in [4.78, 5) is 42.6. The Balaban J connectivity index is 1.74. The first-order chi connectivity index (χ1) is 18.4. The van der Waals surface area contributed by atoms with Gasteiger partial charge in [-0.3, -0.25) is 18.7 Å². The van der Waals surface area contributed by atoms with Crippen LogP contribution in [0.15, 0.2) is 64.2 Å². The lowest BCUT2D eigenvalue weighted by molar-refractivity contribution is 0.0968. The average Bonchev–Trinajstić information content (AvgIpc) is 3.29. The number of aromatic nitrogens is 3. The van der Waals surface area contributed by atoms with Gasteiger partial charge in [-0.15, -0.1) is 0 Å². The smallest absolute Gasteiger partial charge is 0.331 e. The molecule has 0 aliphatic carbocycles. The number of ether oxygens (including phenoxy) is 1. The number of ketones is 1. The van der Waals surface area contributed by atoms with Gasteiger partial charge in [-0.2, -0.15) is 5.26 Å². The van der Waals surface area contributed by atoms with Crippen LogP contribution in [0.25, 0.3) is 11.0 Å². The van der Waals surface area contributed by atoms with Crippen LogP contribution >= 0.6 is 0 Å². The number of aryl methyl sites for hydroxylation is 1. The predicted octanol–water partition coefficient (Wildman–Crippen LogP) is 1.72. The van der Waals surface area contributed by atoms with Crippen LogP contribution in [-0.4, -0.2) is 52.8 Å². The molecule has 2 aromatic heterocycles. The molecule has 1 N–H and O–H groups in total. The lowest BCUT2D eigenvalue weighted by atomic mass is 10.1. The number of methoxy groups -OCH3 is 1. The van der Waals surface area contributed by atoms with Crippen molar-refractivity contribution in [3.05, 3.63) is 92.1 Å². The SMILES string of the molecule is COc1cccc(C(=O)Cn2c(=O)c3c(c(C#N)c(N4CCNCC4)n3Cc3ccccc3)n(C)c2=O)c1. The highest BCUT2D eigenvalue weighted by Crippen LogP contribution is 2.31. The summed E-state index contributed by atoms with van der Waals surface area (Å²) in [5.74, 6) is 0.714. The maximum atomic E-state index is 14.0. The fourth-order valence-corrected chi connectivity index (χ4v) is 5.03. The Kier molecular flexibility index (Phi) is 6.85. The van der Waals surface area contributed by atoms with Crippen molar-refractivity contribution in [1.29, 1.82) is 5.26 Å². The van der Waals surface area contributed by atoms with E-state index < -0.39 is 23.6 Å². The zero-order valence-corrected chi connectivity index (χ0v) is 21.3. The Labute approximate surface area is 218 Å². The molecule has 1 fully saturated rings. The highest BCUT2D eigenvalue weighted by Gasteiger charge is 2.29. The number of carbonyl (C=O) groups excluding carboxylic acids is 1. The summed E-state index contributed by atoms with van der Waals surface area (Å²) in [5, 5.41) is 13.6.